The summed E-state index contributed by atoms with van der Waals surface area (Å²) in [4.78, 5) is 16.1. The number of rotatable bonds is 5. The monoisotopic (exact) mass is 388 g/mol. The molecule has 0 bridgehead atoms. The largest absolute Gasteiger partial charge is 0.292 e. The molecule has 0 aliphatic heterocycles. The molecule has 1 aromatic carbocycles. The van der Waals surface area contributed by atoms with E-state index in [9.17, 15) is 4.79 Å². The van der Waals surface area contributed by atoms with Gasteiger partial charge in [-0.2, -0.15) is 5.10 Å². The highest BCUT2D eigenvalue weighted by atomic mass is 79.9. The summed E-state index contributed by atoms with van der Waals surface area (Å²) in [5.41, 5.74) is 3.18. The van der Waals surface area contributed by atoms with E-state index in [0.29, 0.717) is 6.54 Å². The molecular formula is C16H17BrN6O. The van der Waals surface area contributed by atoms with Crippen molar-refractivity contribution in [1.82, 2.24) is 24.5 Å². The second-order valence-corrected chi connectivity index (χ2v) is 6.41. The molecular weight excluding hydrogens is 372 g/mol. The van der Waals surface area contributed by atoms with Gasteiger partial charge >= 0.3 is 0 Å². The van der Waals surface area contributed by atoms with Gasteiger partial charge in [-0.1, -0.05) is 29.8 Å². The number of aromatic nitrogens is 5. The molecule has 0 fully saturated rings. The Morgan fingerprint density at radius 2 is 1.92 bits per heavy atom. The fourth-order valence-corrected chi connectivity index (χ4v) is 2.51. The maximum absolute atomic E-state index is 12.0. The van der Waals surface area contributed by atoms with E-state index < -0.39 is 0 Å². The lowest BCUT2D eigenvalue weighted by Gasteiger charge is -2.02. The summed E-state index contributed by atoms with van der Waals surface area (Å²) >= 11 is 3.37. The van der Waals surface area contributed by atoms with Crippen molar-refractivity contribution in [2.24, 2.45) is 0 Å². The number of hydrogen-bond donors (Lipinski definition) is 1. The molecule has 0 aliphatic carbocycles. The molecule has 8 heteroatoms. The molecule has 0 aliphatic rings. The lowest BCUT2D eigenvalue weighted by atomic mass is 10.1. The standard InChI is InChI=1S/C16H17BrN6O/c1-11-3-5-13(6-4-11)7-23-10-18-16(21-23)19-15(24)9-22-8-14(17)12(2)20-22/h3-6,8,10H,7,9H2,1-2H3,(H,19,21,24). The highest BCUT2D eigenvalue weighted by molar-refractivity contribution is 9.10. The fraction of sp³-hybridized carbons (Fsp3) is 0.250. The molecule has 0 unspecified atom stereocenters. The predicted molar refractivity (Wildman–Crippen MR) is 93.6 cm³/mol. The van der Waals surface area contributed by atoms with Crippen LogP contribution in [0.2, 0.25) is 0 Å². The SMILES string of the molecule is Cc1ccc(Cn2cnc(NC(=O)Cn3cc(Br)c(C)n3)n2)cc1. The second kappa shape index (κ2) is 6.96. The van der Waals surface area contributed by atoms with E-state index in [0.717, 1.165) is 15.7 Å². The van der Waals surface area contributed by atoms with Gasteiger partial charge in [0.15, 0.2) is 0 Å². The fourth-order valence-electron chi connectivity index (χ4n) is 2.19. The number of amides is 1. The van der Waals surface area contributed by atoms with Gasteiger partial charge in [-0.05, 0) is 35.3 Å². The molecule has 1 N–H and O–H groups in total. The highest BCUT2D eigenvalue weighted by Gasteiger charge is 2.09. The van der Waals surface area contributed by atoms with Crippen molar-refractivity contribution in [2.45, 2.75) is 26.9 Å². The Balaban J connectivity index is 1.59. The van der Waals surface area contributed by atoms with Crippen LogP contribution in [0.4, 0.5) is 5.95 Å². The first-order valence-corrected chi connectivity index (χ1v) is 8.23. The maximum Gasteiger partial charge on any atom is 0.248 e. The second-order valence-electron chi connectivity index (χ2n) is 5.56. The molecule has 0 radical (unpaired) electrons. The summed E-state index contributed by atoms with van der Waals surface area (Å²) in [5.74, 6) is 0.0631. The third-order valence-electron chi connectivity index (χ3n) is 3.44. The quantitative estimate of drug-likeness (QED) is 0.728. The van der Waals surface area contributed by atoms with E-state index in [1.54, 1.807) is 21.9 Å². The Labute approximate surface area is 147 Å². The van der Waals surface area contributed by atoms with Gasteiger partial charge in [0.05, 0.1) is 16.7 Å². The predicted octanol–water partition coefficient (Wildman–Crippen LogP) is 2.54. The third-order valence-corrected chi connectivity index (χ3v) is 4.22. The van der Waals surface area contributed by atoms with E-state index in [1.807, 2.05) is 26.0 Å². The van der Waals surface area contributed by atoms with Gasteiger partial charge in [0.1, 0.15) is 12.9 Å². The van der Waals surface area contributed by atoms with Crippen LogP contribution in [-0.4, -0.2) is 30.5 Å². The van der Waals surface area contributed by atoms with Crippen LogP contribution in [-0.2, 0) is 17.9 Å². The minimum atomic E-state index is -0.224. The first-order chi connectivity index (χ1) is 11.5. The number of aryl methyl sites for hydroxylation is 2. The molecule has 0 saturated carbocycles. The van der Waals surface area contributed by atoms with Crippen LogP contribution in [0.15, 0.2) is 41.3 Å². The minimum Gasteiger partial charge on any atom is -0.292 e. The van der Waals surface area contributed by atoms with Crippen molar-refractivity contribution in [3.05, 3.63) is 58.1 Å². The number of nitrogens with one attached hydrogen (secondary N) is 1. The van der Waals surface area contributed by atoms with Gasteiger partial charge in [-0.3, -0.25) is 14.8 Å². The highest BCUT2D eigenvalue weighted by Crippen LogP contribution is 2.13. The number of carbonyl (C=O) groups excluding carboxylic acids is 1. The van der Waals surface area contributed by atoms with Crippen molar-refractivity contribution >= 4 is 27.8 Å². The number of halogens is 1. The van der Waals surface area contributed by atoms with Gasteiger partial charge in [-0.15, -0.1) is 5.10 Å². The summed E-state index contributed by atoms with van der Waals surface area (Å²) in [6.45, 7) is 4.63. The van der Waals surface area contributed by atoms with E-state index in [-0.39, 0.29) is 18.4 Å². The van der Waals surface area contributed by atoms with Gasteiger partial charge in [-0.25, -0.2) is 9.67 Å². The molecule has 3 aromatic rings. The normalized spacial score (nSPS) is 10.8. The zero-order chi connectivity index (χ0) is 17.1. The van der Waals surface area contributed by atoms with Crippen molar-refractivity contribution in [3.8, 4) is 0 Å². The summed E-state index contributed by atoms with van der Waals surface area (Å²) in [6, 6.07) is 8.21. The van der Waals surface area contributed by atoms with Crippen molar-refractivity contribution < 1.29 is 4.79 Å². The first-order valence-electron chi connectivity index (χ1n) is 7.44. The number of benzene rings is 1. The lowest BCUT2D eigenvalue weighted by Crippen LogP contribution is -2.20. The number of nitrogens with zero attached hydrogens (tertiary/aromatic N) is 5. The zero-order valence-electron chi connectivity index (χ0n) is 13.4. The summed E-state index contributed by atoms with van der Waals surface area (Å²) in [7, 11) is 0. The smallest absolute Gasteiger partial charge is 0.248 e. The van der Waals surface area contributed by atoms with Crippen LogP contribution >= 0.6 is 15.9 Å². The average Bonchev–Trinajstić information content (AvgIpc) is 3.08. The Morgan fingerprint density at radius 3 is 2.58 bits per heavy atom. The van der Waals surface area contributed by atoms with Crippen LogP contribution in [0.5, 0.6) is 0 Å². The van der Waals surface area contributed by atoms with Gasteiger partial charge in [0.25, 0.3) is 0 Å². The Morgan fingerprint density at radius 1 is 1.17 bits per heavy atom. The minimum absolute atomic E-state index is 0.110. The number of hydrogen-bond acceptors (Lipinski definition) is 4. The van der Waals surface area contributed by atoms with Crippen LogP contribution < -0.4 is 5.32 Å². The molecule has 124 valence electrons. The Bertz CT molecular complexity index is 832. The molecule has 0 saturated heterocycles. The van der Waals surface area contributed by atoms with Gasteiger partial charge in [0, 0.05) is 6.20 Å². The van der Waals surface area contributed by atoms with Crippen LogP contribution in [0.3, 0.4) is 0 Å². The van der Waals surface area contributed by atoms with E-state index in [2.05, 4.69) is 48.6 Å². The molecule has 0 spiro atoms. The summed E-state index contributed by atoms with van der Waals surface area (Å²) in [5, 5.41) is 11.2. The first kappa shape index (κ1) is 16.4. The van der Waals surface area contributed by atoms with Crippen molar-refractivity contribution in [1.29, 1.82) is 0 Å². The maximum atomic E-state index is 12.0. The van der Waals surface area contributed by atoms with Crippen LogP contribution in [0.25, 0.3) is 0 Å². The summed E-state index contributed by atoms with van der Waals surface area (Å²) in [6.07, 6.45) is 3.36. The summed E-state index contributed by atoms with van der Waals surface area (Å²) < 4.78 is 4.13. The topological polar surface area (TPSA) is 77.6 Å². The third kappa shape index (κ3) is 4.08. The molecule has 1 amide bonds. The zero-order valence-corrected chi connectivity index (χ0v) is 15.0. The lowest BCUT2D eigenvalue weighted by molar-refractivity contribution is -0.116. The van der Waals surface area contributed by atoms with E-state index >= 15 is 0 Å². The number of carbonyl (C=O) groups is 1. The van der Waals surface area contributed by atoms with Crippen molar-refractivity contribution in [2.75, 3.05) is 5.32 Å². The van der Waals surface area contributed by atoms with Crippen molar-refractivity contribution in [3.63, 3.8) is 0 Å². The Hall–Kier alpha value is -2.48. The van der Waals surface area contributed by atoms with Crippen LogP contribution in [0, 0.1) is 13.8 Å². The van der Waals surface area contributed by atoms with Crippen LogP contribution in [0.1, 0.15) is 16.8 Å². The number of anilines is 1. The molecule has 7 nitrogen and oxygen atoms in total. The molecule has 3 rings (SSSR count). The van der Waals surface area contributed by atoms with E-state index in [4.69, 9.17) is 0 Å². The van der Waals surface area contributed by atoms with E-state index in [1.165, 1.54) is 5.56 Å². The molecule has 2 heterocycles. The van der Waals surface area contributed by atoms with Gasteiger partial charge < -0.3 is 0 Å². The molecule has 2 aromatic heterocycles. The molecule has 0 atom stereocenters. The Kier molecular flexibility index (Phi) is 4.75. The molecule has 24 heavy (non-hydrogen) atoms. The van der Waals surface area contributed by atoms with Gasteiger partial charge in [0.2, 0.25) is 11.9 Å². The average molecular weight is 389 g/mol.